The third-order valence-corrected chi connectivity index (χ3v) is 3.82. The molecule has 0 bridgehead atoms. The van der Waals surface area contributed by atoms with Crippen LogP contribution in [0.3, 0.4) is 0 Å². The summed E-state index contributed by atoms with van der Waals surface area (Å²) < 4.78 is 13.8. The molecule has 0 saturated carbocycles. The molecule has 0 spiro atoms. The quantitative estimate of drug-likeness (QED) is 0.738. The van der Waals surface area contributed by atoms with E-state index in [-0.39, 0.29) is 11.9 Å². The zero-order valence-electron chi connectivity index (χ0n) is 12.2. The van der Waals surface area contributed by atoms with Crippen LogP contribution in [0.25, 0.3) is 11.1 Å². The average Bonchev–Trinajstić information content (AvgIpc) is 2.57. The fourth-order valence-electron chi connectivity index (χ4n) is 2.59. The van der Waals surface area contributed by atoms with E-state index in [4.69, 9.17) is 5.73 Å². The minimum atomic E-state index is -0.198. The van der Waals surface area contributed by atoms with E-state index >= 15 is 0 Å². The lowest BCUT2D eigenvalue weighted by molar-refractivity contribution is 0.631. The highest BCUT2D eigenvalue weighted by Gasteiger charge is 2.08. The Morgan fingerprint density at radius 2 is 1.41 bits per heavy atom. The lowest BCUT2D eigenvalue weighted by atomic mass is 9.97. The molecule has 0 saturated heterocycles. The molecule has 0 aliphatic carbocycles. The molecule has 1 nitrogen and oxygen atoms in total. The Labute approximate surface area is 130 Å². The summed E-state index contributed by atoms with van der Waals surface area (Å²) >= 11 is 0. The van der Waals surface area contributed by atoms with Crippen LogP contribution < -0.4 is 5.73 Å². The molecule has 110 valence electrons. The molecule has 1 unspecified atom stereocenters. The summed E-state index contributed by atoms with van der Waals surface area (Å²) in [5.41, 5.74) is 10.0. The first kappa shape index (κ1) is 14.5. The summed E-state index contributed by atoms with van der Waals surface area (Å²) in [7, 11) is 0. The summed E-state index contributed by atoms with van der Waals surface area (Å²) in [4.78, 5) is 0. The summed E-state index contributed by atoms with van der Waals surface area (Å²) in [6.45, 7) is 0. The van der Waals surface area contributed by atoms with Gasteiger partial charge in [0.1, 0.15) is 5.82 Å². The van der Waals surface area contributed by atoms with E-state index < -0.39 is 0 Å². The van der Waals surface area contributed by atoms with Crippen LogP contribution in [0.5, 0.6) is 0 Å². The summed E-state index contributed by atoms with van der Waals surface area (Å²) in [5.74, 6) is -0.198. The second-order valence-corrected chi connectivity index (χ2v) is 5.40. The largest absolute Gasteiger partial charge is 0.324 e. The summed E-state index contributed by atoms with van der Waals surface area (Å²) in [6, 6.07) is 24.8. The minimum absolute atomic E-state index is 0.0273. The SMILES string of the molecule is NC(Cc1ccc(-c2ccccc2F)cc1)c1ccccc1. The van der Waals surface area contributed by atoms with E-state index in [9.17, 15) is 4.39 Å². The number of rotatable bonds is 4. The predicted octanol–water partition coefficient (Wildman–Crippen LogP) is 4.74. The molecular weight excluding hydrogens is 273 g/mol. The van der Waals surface area contributed by atoms with Crippen LogP contribution in [-0.2, 0) is 6.42 Å². The van der Waals surface area contributed by atoms with Gasteiger partial charge in [0.05, 0.1) is 0 Å². The van der Waals surface area contributed by atoms with Crippen LogP contribution in [0, 0.1) is 5.82 Å². The molecule has 0 aliphatic heterocycles. The Kier molecular flexibility index (Phi) is 4.31. The Hall–Kier alpha value is -2.45. The number of hydrogen-bond acceptors (Lipinski definition) is 1. The average molecular weight is 291 g/mol. The van der Waals surface area contributed by atoms with E-state index in [2.05, 4.69) is 0 Å². The Bertz CT molecular complexity index is 735. The van der Waals surface area contributed by atoms with E-state index in [0.717, 1.165) is 23.1 Å². The van der Waals surface area contributed by atoms with E-state index in [0.29, 0.717) is 5.56 Å². The minimum Gasteiger partial charge on any atom is -0.324 e. The van der Waals surface area contributed by atoms with Gasteiger partial charge in [0.15, 0.2) is 0 Å². The molecule has 1 atom stereocenters. The molecule has 22 heavy (non-hydrogen) atoms. The number of benzene rings is 3. The molecule has 3 aromatic rings. The maximum atomic E-state index is 13.8. The number of nitrogens with two attached hydrogens (primary N) is 1. The Morgan fingerprint density at radius 1 is 0.773 bits per heavy atom. The lowest BCUT2D eigenvalue weighted by Crippen LogP contribution is -2.13. The van der Waals surface area contributed by atoms with Crippen molar-refractivity contribution in [2.45, 2.75) is 12.5 Å². The molecule has 0 radical (unpaired) electrons. The third-order valence-electron chi connectivity index (χ3n) is 3.82. The van der Waals surface area contributed by atoms with Crippen LogP contribution in [0.2, 0.25) is 0 Å². The van der Waals surface area contributed by atoms with Crippen molar-refractivity contribution < 1.29 is 4.39 Å². The van der Waals surface area contributed by atoms with Gasteiger partial charge in [0, 0.05) is 11.6 Å². The standard InChI is InChI=1S/C20H18FN/c21-19-9-5-4-8-18(19)16-12-10-15(11-13-16)14-20(22)17-6-2-1-3-7-17/h1-13,20H,14,22H2. The molecule has 3 aromatic carbocycles. The van der Waals surface area contributed by atoms with Gasteiger partial charge < -0.3 is 5.73 Å². The molecule has 0 fully saturated rings. The van der Waals surface area contributed by atoms with Gasteiger partial charge in [0.25, 0.3) is 0 Å². The highest BCUT2D eigenvalue weighted by molar-refractivity contribution is 5.64. The van der Waals surface area contributed by atoms with Gasteiger partial charge in [-0.15, -0.1) is 0 Å². The first-order chi connectivity index (χ1) is 10.7. The van der Waals surface area contributed by atoms with Gasteiger partial charge >= 0.3 is 0 Å². The lowest BCUT2D eigenvalue weighted by Gasteiger charge is -2.12. The van der Waals surface area contributed by atoms with Crippen molar-refractivity contribution in [3.63, 3.8) is 0 Å². The zero-order chi connectivity index (χ0) is 15.4. The van der Waals surface area contributed by atoms with Crippen molar-refractivity contribution >= 4 is 0 Å². The first-order valence-corrected chi connectivity index (χ1v) is 7.38. The fourth-order valence-corrected chi connectivity index (χ4v) is 2.59. The van der Waals surface area contributed by atoms with E-state index in [1.165, 1.54) is 6.07 Å². The Balaban J connectivity index is 1.76. The van der Waals surface area contributed by atoms with Crippen molar-refractivity contribution in [2.24, 2.45) is 5.73 Å². The van der Waals surface area contributed by atoms with Crippen molar-refractivity contribution in [1.29, 1.82) is 0 Å². The highest BCUT2D eigenvalue weighted by Crippen LogP contribution is 2.24. The normalized spacial score (nSPS) is 12.1. The monoisotopic (exact) mass is 291 g/mol. The van der Waals surface area contributed by atoms with Gasteiger partial charge in [-0.3, -0.25) is 0 Å². The van der Waals surface area contributed by atoms with Crippen LogP contribution in [0.4, 0.5) is 4.39 Å². The van der Waals surface area contributed by atoms with Crippen molar-refractivity contribution in [2.75, 3.05) is 0 Å². The van der Waals surface area contributed by atoms with Crippen LogP contribution >= 0.6 is 0 Å². The van der Waals surface area contributed by atoms with Crippen molar-refractivity contribution in [1.82, 2.24) is 0 Å². The van der Waals surface area contributed by atoms with Gasteiger partial charge in [-0.05, 0) is 29.2 Å². The van der Waals surface area contributed by atoms with E-state index in [1.807, 2.05) is 60.7 Å². The fraction of sp³-hybridized carbons (Fsp3) is 0.100. The molecule has 2 heteroatoms. The second kappa shape index (κ2) is 6.54. The van der Waals surface area contributed by atoms with Crippen LogP contribution in [0.1, 0.15) is 17.2 Å². The van der Waals surface area contributed by atoms with Crippen molar-refractivity contribution in [3.8, 4) is 11.1 Å². The molecule has 0 aromatic heterocycles. The molecule has 3 rings (SSSR count). The predicted molar refractivity (Wildman–Crippen MR) is 88.9 cm³/mol. The zero-order valence-corrected chi connectivity index (χ0v) is 12.2. The molecular formula is C20H18FN. The van der Waals surface area contributed by atoms with Gasteiger partial charge in [0.2, 0.25) is 0 Å². The molecule has 0 heterocycles. The highest BCUT2D eigenvalue weighted by atomic mass is 19.1. The number of hydrogen-bond donors (Lipinski definition) is 1. The molecule has 0 amide bonds. The van der Waals surface area contributed by atoms with Crippen molar-refractivity contribution in [3.05, 3.63) is 95.8 Å². The van der Waals surface area contributed by atoms with Gasteiger partial charge in [-0.2, -0.15) is 0 Å². The first-order valence-electron chi connectivity index (χ1n) is 7.38. The third kappa shape index (κ3) is 3.23. The van der Waals surface area contributed by atoms with Crippen LogP contribution in [0.15, 0.2) is 78.9 Å². The van der Waals surface area contributed by atoms with E-state index in [1.54, 1.807) is 12.1 Å². The molecule has 0 aliphatic rings. The Morgan fingerprint density at radius 3 is 2.09 bits per heavy atom. The maximum Gasteiger partial charge on any atom is 0.131 e. The van der Waals surface area contributed by atoms with Gasteiger partial charge in [-0.25, -0.2) is 4.39 Å². The summed E-state index contributed by atoms with van der Waals surface area (Å²) in [6.07, 6.45) is 0.765. The van der Waals surface area contributed by atoms with Crippen LogP contribution in [-0.4, -0.2) is 0 Å². The maximum absolute atomic E-state index is 13.8. The molecule has 2 N–H and O–H groups in total. The second-order valence-electron chi connectivity index (χ2n) is 5.40. The topological polar surface area (TPSA) is 26.0 Å². The van der Waals surface area contributed by atoms with Gasteiger partial charge in [-0.1, -0.05) is 72.8 Å². The summed E-state index contributed by atoms with van der Waals surface area (Å²) in [5, 5.41) is 0. The smallest absolute Gasteiger partial charge is 0.131 e. The number of halogens is 1.